The van der Waals surface area contributed by atoms with Gasteiger partial charge in [0.2, 0.25) is 0 Å². The third-order valence-corrected chi connectivity index (χ3v) is 8.57. The lowest BCUT2D eigenvalue weighted by Crippen LogP contribution is -2.48. The highest BCUT2D eigenvalue weighted by Gasteiger charge is 2.54. The average molecular weight is 473 g/mol. The van der Waals surface area contributed by atoms with E-state index in [9.17, 15) is 0 Å². The Hall–Kier alpha value is -4.96. The number of benzene rings is 4. The molecule has 0 bridgehead atoms. The molecule has 0 unspecified atom stereocenters. The molecule has 4 nitrogen and oxygen atoms in total. The van der Waals surface area contributed by atoms with Crippen LogP contribution in [0.15, 0.2) is 121 Å². The molecule has 0 radical (unpaired) electrons. The Morgan fingerprint density at radius 1 is 0.324 bits per heavy atom. The van der Waals surface area contributed by atoms with Gasteiger partial charge in [-0.1, -0.05) is 72.8 Å². The van der Waals surface area contributed by atoms with Gasteiger partial charge < -0.3 is 0 Å². The van der Waals surface area contributed by atoms with Crippen molar-refractivity contribution in [2.24, 2.45) is 0 Å². The van der Waals surface area contributed by atoms with Crippen LogP contribution in [-0.4, -0.2) is 18.3 Å². The minimum absolute atomic E-state index is 0.673. The van der Waals surface area contributed by atoms with E-state index in [2.05, 4.69) is 140 Å². The Kier molecular flexibility index (Phi) is 2.91. The molecule has 6 heterocycles. The number of hydrogen-bond acceptors (Lipinski definition) is 0. The maximum Gasteiger partial charge on any atom is 0.295 e. The molecule has 10 rings (SSSR count). The second-order valence-electron chi connectivity index (χ2n) is 10.3. The highest BCUT2D eigenvalue weighted by molar-refractivity contribution is 5.99. The summed E-state index contributed by atoms with van der Waals surface area (Å²) in [6.07, 6.45) is 0. The summed E-state index contributed by atoms with van der Waals surface area (Å²) >= 11 is 0. The summed E-state index contributed by atoms with van der Waals surface area (Å²) < 4.78 is 10.3. The monoisotopic (exact) mass is 472 g/mol. The van der Waals surface area contributed by atoms with Crippen molar-refractivity contribution in [2.75, 3.05) is 0 Å². The minimum Gasteiger partial charge on any atom is -0.279 e. The lowest BCUT2D eigenvalue weighted by Gasteiger charge is -2.36. The molecule has 0 atom stereocenters. The summed E-state index contributed by atoms with van der Waals surface area (Å²) in [5.41, 5.74) is 9.91. The van der Waals surface area contributed by atoms with Crippen LogP contribution in [0.2, 0.25) is 0 Å². The molecule has 8 aromatic rings. The first-order chi connectivity index (χ1) is 18.4. The number of rotatable bonds is 0. The molecule has 4 aromatic carbocycles. The quantitative estimate of drug-likeness (QED) is 0.216. The number of aromatic nitrogens is 4. The van der Waals surface area contributed by atoms with Crippen LogP contribution < -0.4 is 0 Å². The Morgan fingerprint density at radius 3 is 0.838 bits per heavy atom. The van der Waals surface area contributed by atoms with Gasteiger partial charge in [0.05, 0.1) is 44.8 Å². The molecule has 2 aliphatic heterocycles. The zero-order valence-corrected chi connectivity index (χ0v) is 19.8. The molecule has 4 aromatic heterocycles. The molecule has 37 heavy (non-hydrogen) atoms. The summed E-state index contributed by atoms with van der Waals surface area (Å²) in [6.45, 7) is 0. The van der Waals surface area contributed by atoms with E-state index in [-0.39, 0.29) is 0 Å². The van der Waals surface area contributed by atoms with Crippen molar-refractivity contribution >= 4 is 43.6 Å². The lowest BCUT2D eigenvalue weighted by atomic mass is 10.2. The Labute approximate surface area is 211 Å². The molecule has 4 heteroatoms. The maximum atomic E-state index is 2.57. The van der Waals surface area contributed by atoms with E-state index in [0.717, 1.165) is 0 Å². The van der Waals surface area contributed by atoms with E-state index >= 15 is 0 Å². The summed E-state index contributed by atoms with van der Waals surface area (Å²) in [4.78, 5) is 0. The molecule has 0 amide bonds. The topological polar surface area (TPSA) is 19.7 Å². The summed E-state index contributed by atoms with van der Waals surface area (Å²) in [5, 5.41) is 5.04. The van der Waals surface area contributed by atoms with Gasteiger partial charge in [0, 0.05) is 21.5 Å². The van der Waals surface area contributed by atoms with Crippen LogP contribution in [0.1, 0.15) is 0 Å². The van der Waals surface area contributed by atoms with E-state index in [1.54, 1.807) is 0 Å². The van der Waals surface area contributed by atoms with Crippen molar-refractivity contribution in [3.63, 3.8) is 0 Å². The smallest absolute Gasteiger partial charge is 0.279 e. The van der Waals surface area contributed by atoms with E-state index < -0.39 is 5.91 Å². The third kappa shape index (κ3) is 1.85. The van der Waals surface area contributed by atoms with Crippen LogP contribution in [0, 0.1) is 0 Å². The highest BCUT2D eigenvalue weighted by atomic mass is 15.6. The lowest BCUT2D eigenvalue weighted by molar-refractivity contribution is 0.199. The predicted octanol–water partition coefficient (Wildman–Crippen LogP) is 7.68. The second kappa shape index (κ2) is 5.88. The summed E-state index contributed by atoms with van der Waals surface area (Å²) in [7, 11) is 0. The van der Waals surface area contributed by atoms with Crippen molar-refractivity contribution in [3.05, 3.63) is 121 Å². The van der Waals surface area contributed by atoms with Gasteiger partial charge in [-0.25, -0.2) is 0 Å². The van der Waals surface area contributed by atoms with Crippen molar-refractivity contribution in [1.82, 2.24) is 18.3 Å². The number of para-hydroxylation sites is 4. The summed E-state index contributed by atoms with van der Waals surface area (Å²) in [5.74, 6) is -0.673. The van der Waals surface area contributed by atoms with Crippen LogP contribution in [-0.2, 0) is 5.91 Å². The van der Waals surface area contributed by atoms with Gasteiger partial charge in [0.1, 0.15) is 0 Å². The SMILES string of the molecule is c1ccc2c(c1)cc1n2C2(n3c-1cc1ccccc13)n1c(cc3ccccc31)-c1cc3ccccc3n12. The van der Waals surface area contributed by atoms with E-state index in [0.29, 0.717) is 0 Å². The average Bonchev–Trinajstić information content (AvgIpc) is 3.74. The van der Waals surface area contributed by atoms with Crippen LogP contribution in [0.25, 0.3) is 66.4 Å². The Bertz CT molecular complexity index is 1940. The van der Waals surface area contributed by atoms with Crippen molar-refractivity contribution in [2.45, 2.75) is 5.91 Å². The third-order valence-electron chi connectivity index (χ3n) is 8.57. The molecular weight excluding hydrogens is 452 g/mol. The highest BCUT2D eigenvalue weighted by Crippen LogP contribution is 2.55. The molecule has 0 N–H and O–H groups in total. The fourth-order valence-electron chi connectivity index (χ4n) is 7.27. The van der Waals surface area contributed by atoms with Gasteiger partial charge in [0.15, 0.2) is 0 Å². The summed E-state index contributed by atoms with van der Waals surface area (Å²) in [6, 6.07) is 44.7. The van der Waals surface area contributed by atoms with E-state index in [1.165, 1.54) is 66.4 Å². The number of fused-ring (bicyclic) bond motifs is 18. The molecule has 0 aliphatic carbocycles. The minimum atomic E-state index is -0.673. The Balaban J connectivity index is 1.56. The van der Waals surface area contributed by atoms with Crippen LogP contribution in [0.3, 0.4) is 0 Å². The first-order valence-corrected chi connectivity index (χ1v) is 12.8. The predicted molar refractivity (Wildman–Crippen MR) is 150 cm³/mol. The van der Waals surface area contributed by atoms with Crippen LogP contribution in [0.5, 0.6) is 0 Å². The van der Waals surface area contributed by atoms with E-state index in [1.807, 2.05) is 0 Å². The fraction of sp³-hybridized carbons (Fsp3) is 0.0303. The van der Waals surface area contributed by atoms with E-state index in [4.69, 9.17) is 0 Å². The van der Waals surface area contributed by atoms with Gasteiger partial charge >= 0.3 is 0 Å². The van der Waals surface area contributed by atoms with Crippen LogP contribution >= 0.6 is 0 Å². The van der Waals surface area contributed by atoms with Crippen molar-refractivity contribution in [1.29, 1.82) is 0 Å². The van der Waals surface area contributed by atoms with Gasteiger partial charge in [-0.3, -0.25) is 18.3 Å². The molecule has 0 fully saturated rings. The normalized spacial score (nSPS) is 14.7. The zero-order chi connectivity index (χ0) is 23.9. The molecule has 0 saturated heterocycles. The molecule has 1 spiro atoms. The number of nitrogens with zero attached hydrogens (tertiary/aromatic N) is 4. The molecule has 172 valence electrons. The Morgan fingerprint density at radius 2 is 0.568 bits per heavy atom. The largest absolute Gasteiger partial charge is 0.295 e. The van der Waals surface area contributed by atoms with Crippen molar-refractivity contribution in [3.8, 4) is 22.8 Å². The number of hydrogen-bond donors (Lipinski definition) is 0. The van der Waals surface area contributed by atoms with Gasteiger partial charge in [-0.15, -0.1) is 0 Å². The zero-order valence-electron chi connectivity index (χ0n) is 19.8. The van der Waals surface area contributed by atoms with Crippen molar-refractivity contribution < 1.29 is 0 Å². The standard InChI is InChI=1S/C33H20N4/c1-5-13-25-21(9-1)17-29-30-18-22-10-2-6-14-26(22)35(30)33(34(25)29)36-27-15-7-3-11-23(27)19-31(36)32-20-24-12-4-8-16-28(24)37(32)33/h1-20H. The van der Waals surface area contributed by atoms with Crippen LogP contribution in [0.4, 0.5) is 0 Å². The first-order valence-electron chi connectivity index (χ1n) is 12.8. The fourth-order valence-corrected chi connectivity index (χ4v) is 7.27. The second-order valence-corrected chi connectivity index (χ2v) is 10.3. The maximum absolute atomic E-state index is 2.57. The molecule has 0 saturated carbocycles. The van der Waals surface area contributed by atoms with Gasteiger partial charge in [-0.05, 0) is 48.5 Å². The molecular formula is C33H20N4. The first kappa shape index (κ1) is 18.3. The molecule has 2 aliphatic rings. The van der Waals surface area contributed by atoms with Gasteiger partial charge in [-0.2, -0.15) is 0 Å². The van der Waals surface area contributed by atoms with Gasteiger partial charge in [0.25, 0.3) is 5.91 Å².